The van der Waals surface area contributed by atoms with Gasteiger partial charge in [0, 0.05) is 24.5 Å². The van der Waals surface area contributed by atoms with Crippen molar-refractivity contribution < 1.29 is 19.1 Å². The number of ether oxygens (including phenoxy) is 2. The Hall–Kier alpha value is -3.74. The minimum Gasteiger partial charge on any atom is -0.497 e. The van der Waals surface area contributed by atoms with E-state index in [-0.39, 0.29) is 6.03 Å². The Labute approximate surface area is 194 Å². The third-order valence-corrected chi connectivity index (χ3v) is 5.54. The molecule has 3 aromatic rings. The maximum absolute atomic E-state index is 13.3. The molecule has 0 saturated heterocycles. The topological polar surface area (TPSA) is 83.7 Å². The van der Waals surface area contributed by atoms with Crippen LogP contribution in [0.15, 0.2) is 48.5 Å². The largest absolute Gasteiger partial charge is 0.497 e. The normalized spacial score (nSPS) is 10.6. The first kappa shape index (κ1) is 23.9. The van der Waals surface area contributed by atoms with Crippen LogP contribution in [0.25, 0.3) is 0 Å². The van der Waals surface area contributed by atoms with Gasteiger partial charge in [0.2, 0.25) is 0 Å². The Balaban J connectivity index is 1.87. The molecule has 0 fully saturated rings. The van der Waals surface area contributed by atoms with Gasteiger partial charge in [0.05, 0.1) is 13.7 Å². The molecule has 0 bridgehead atoms. The number of carbonyl (C=O) groups is 2. The molecule has 3 rings (SSSR count). The van der Waals surface area contributed by atoms with Crippen LogP contribution in [0, 0.1) is 20.8 Å². The number of aryl methyl sites for hydroxylation is 2. The number of nitrogens with zero attached hydrogens (tertiary/aromatic N) is 1. The molecule has 1 aromatic heterocycles. The molecule has 33 heavy (non-hydrogen) atoms. The van der Waals surface area contributed by atoms with E-state index < -0.39 is 5.97 Å². The molecule has 174 valence electrons. The van der Waals surface area contributed by atoms with E-state index in [1.54, 1.807) is 43.2 Å². The number of aromatic amines is 1. The van der Waals surface area contributed by atoms with Crippen molar-refractivity contribution in [3.8, 4) is 5.75 Å². The lowest BCUT2D eigenvalue weighted by atomic mass is 10.1. The molecule has 0 aliphatic rings. The zero-order valence-electron chi connectivity index (χ0n) is 19.8. The molecule has 2 aromatic carbocycles. The van der Waals surface area contributed by atoms with Crippen molar-refractivity contribution in [1.29, 1.82) is 0 Å². The van der Waals surface area contributed by atoms with Gasteiger partial charge in [-0.15, -0.1) is 0 Å². The number of amides is 2. The monoisotopic (exact) mass is 449 g/mol. The molecular formula is C26H31N3O4. The summed E-state index contributed by atoms with van der Waals surface area (Å²) < 4.78 is 10.4. The van der Waals surface area contributed by atoms with E-state index in [9.17, 15) is 9.59 Å². The van der Waals surface area contributed by atoms with Crippen molar-refractivity contribution in [3.05, 3.63) is 82.2 Å². The molecule has 0 spiro atoms. The average molecular weight is 450 g/mol. The predicted octanol–water partition coefficient (Wildman–Crippen LogP) is 5.36. The minimum atomic E-state index is -0.392. The number of aromatic nitrogens is 1. The summed E-state index contributed by atoms with van der Waals surface area (Å²) in [7, 11) is 1.60. The van der Waals surface area contributed by atoms with Crippen LogP contribution >= 0.6 is 0 Å². The van der Waals surface area contributed by atoms with E-state index in [0.29, 0.717) is 31.1 Å². The lowest BCUT2D eigenvalue weighted by Gasteiger charge is -2.24. The van der Waals surface area contributed by atoms with Crippen LogP contribution in [0.3, 0.4) is 0 Å². The highest BCUT2D eigenvalue weighted by molar-refractivity contribution is 5.91. The molecule has 2 amide bonds. The molecule has 0 aliphatic carbocycles. The zero-order valence-corrected chi connectivity index (χ0v) is 19.8. The number of nitrogens with one attached hydrogen (secondary N) is 2. The molecule has 0 saturated carbocycles. The molecular weight excluding hydrogens is 418 g/mol. The van der Waals surface area contributed by atoms with E-state index in [4.69, 9.17) is 9.47 Å². The number of hydrogen-bond acceptors (Lipinski definition) is 4. The first-order chi connectivity index (χ1) is 15.8. The van der Waals surface area contributed by atoms with Crippen LogP contribution in [-0.4, -0.2) is 35.6 Å². The van der Waals surface area contributed by atoms with Crippen molar-refractivity contribution in [2.75, 3.05) is 19.0 Å². The molecule has 0 radical (unpaired) electrons. The number of hydrogen-bond donors (Lipinski definition) is 2. The van der Waals surface area contributed by atoms with E-state index in [2.05, 4.69) is 10.3 Å². The lowest BCUT2D eigenvalue weighted by Crippen LogP contribution is -2.34. The van der Waals surface area contributed by atoms with E-state index in [1.165, 1.54) is 0 Å². The van der Waals surface area contributed by atoms with Crippen LogP contribution in [0.1, 0.15) is 45.4 Å². The molecule has 0 aliphatic heterocycles. The third-order valence-electron chi connectivity index (χ3n) is 5.54. The smallest absolute Gasteiger partial charge is 0.355 e. The highest BCUT2D eigenvalue weighted by Crippen LogP contribution is 2.23. The standard InChI is InChI=1S/C26H31N3O4/c1-6-33-25(30)24-18(3)23(19(4)27-24)16-29(15-20-9-7-17(2)8-10-20)26(31)28-21-11-13-22(32-5)14-12-21/h7-14,27H,6,15-16H2,1-5H3,(H,28,31). The van der Waals surface area contributed by atoms with Gasteiger partial charge < -0.3 is 24.7 Å². The minimum absolute atomic E-state index is 0.238. The number of anilines is 1. The Morgan fingerprint density at radius 1 is 0.970 bits per heavy atom. The Morgan fingerprint density at radius 3 is 2.24 bits per heavy atom. The molecule has 0 atom stereocenters. The van der Waals surface area contributed by atoms with Gasteiger partial charge >= 0.3 is 12.0 Å². The Bertz CT molecular complexity index is 1100. The van der Waals surface area contributed by atoms with Crippen molar-refractivity contribution in [1.82, 2.24) is 9.88 Å². The third kappa shape index (κ3) is 5.94. The molecule has 1 heterocycles. The molecule has 7 heteroatoms. The van der Waals surface area contributed by atoms with E-state index >= 15 is 0 Å². The van der Waals surface area contributed by atoms with Crippen molar-refractivity contribution in [2.24, 2.45) is 0 Å². The number of carbonyl (C=O) groups excluding carboxylic acids is 2. The van der Waals surface area contributed by atoms with Crippen LogP contribution < -0.4 is 10.1 Å². The second-order valence-electron chi connectivity index (χ2n) is 7.95. The summed E-state index contributed by atoms with van der Waals surface area (Å²) in [5.41, 5.74) is 5.79. The molecule has 7 nitrogen and oxygen atoms in total. The summed E-state index contributed by atoms with van der Waals surface area (Å²) >= 11 is 0. The van der Waals surface area contributed by atoms with E-state index in [1.807, 2.05) is 45.0 Å². The quantitative estimate of drug-likeness (QED) is 0.454. The van der Waals surface area contributed by atoms with Crippen LogP contribution in [0.2, 0.25) is 0 Å². The van der Waals surface area contributed by atoms with Crippen LogP contribution in [-0.2, 0) is 17.8 Å². The SMILES string of the molecule is CCOC(=O)c1[nH]c(C)c(CN(Cc2ccc(C)cc2)C(=O)Nc2ccc(OC)cc2)c1C. The summed E-state index contributed by atoms with van der Waals surface area (Å²) in [6, 6.07) is 15.0. The van der Waals surface area contributed by atoms with Gasteiger partial charge in [-0.2, -0.15) is 0 Å². The van der Waals surface area contributed by atoms with Gasteiger partial charge in [-0.25, -0.2) is 9.59 Å². The van der Waals surface area contributed by atoms with Gasteiger partial charge in [0.1, 0.15) is 11.4 Å². The second kappa shape index (κ2) is 10.7. The predicted molar refractivity (Wildman–Crippen MR) is 129 cm³/mol. The molecule has 0 unspecified atom stereocenters. The Morgan fingerprint density at radius 2 is 1.64 bits per heavy atom. The first-order valence-electron chi connectivity index (χ1n) is 10.9. The summed E-state index contributed by atoms with van der Waals surface area (Å²) in [6.07, 6.45) is 0. The number of H-pyrrole nitrogens is 1. The van der Waals surface area contributed by atoms with Gasteiger partial charge in [-0.05, 0) is 68.7 Å². The van der Waals surface area contributed by atoms with E-state index in [0.717, 1.165) is 33.7 Å². The van der Waals surface area contributed by atoms with Crippen molar-refractivity contribution in [3.63, 3.8) is 0 Å². The highest BCUT2D eigenvalue weighted by Gasteiger charge is 2.22. The summed E-state index contributed by atoms with van der Waals surface area (Å²) in [4.78, 5) is 30.5. The zero-order chi connectivity index (χ0) is 24.0. The summed E-state index contributed by atoms with van der Waals surface area (Å²) in [6.45, 7) is 8.63. The summed E-state index contributed by atoms with van der Waals surface area (Å²) in [5, 5.41) is 2.96. The van der Waals surface area contributed by atoms with Gasteiger partial charge in [0.15, 0.2) is 0 Å². The first-order valence-corrected chi connectivity index (χ1v) is 10.9. The molecule has 2 N–H and O–H groups in total. The van der Waals surface area contributed by atoms with Crippen LogP contribution in [0.5, 0.6) is 5.75 Å². The number of esters is 1. The van der Waals surface area contributed by atoms with Gasteiger partial charge in [0.25, 0.3) is 0 Å². The highest BCUT2D eigenvalue weighted by atomic mass is 16.5. The van der Waals surface area contributed by atoms with Gasteiger partial charge in [-0.3, -0.25) is 0 Å². The fourth-order valence-corrected chi connectivity index (χ4v) is 3.61. The average Bonchev–Trinajstić information content (AvgIpc) is 3.09. The maximum atomic E-state index is 13.3. The van der Waals surface area contributed by atoms with Crippen molar-refractivity contribution >= 4 is 17.7 Å². The second-order valence-corrected chi connectivity index (χ2v) is 7.95. The number of benzene rings is 2. The van der Waals surface area contributed by atoms with Crippen molar-refractivity contribution in [2.45, 2.75) is 40.8 Å². The number of rotatable bonds is 8. The lowest BCUT2D eigenvalue weighted by molar-refractivity contribution is 0.0519. The fraction of sp³-hybridized carbons (Fsp3) is 0.308. The van der Waals surface area contributed by atoms with Crippen LogP contribution in [0.4, 0.5) is 10.5 Å². The maximum Gasteiger partial charge on any atom is 0.355 e. The fourth-order valence-electron chi connectivity index (χ4n) is 3.61. The number of methoxy groups -OCH3 is 1. The number of urea groups is 1. The van der Waals surface area contributed by atoms with Gasteiger partial charge in [-0.1, -0.05) is 29.8 Å². The Kier molecular flexibility index (Phi) is 7.77. The summed E-state index contributed by atoms with van der Waals surface area (Å²) in [5.74, 6) is 0.326.